The fourth-order valence-electron chi connectivity index (χ4n) is 2.98. The Balaban J connectivity index is 1.78. The van der Waals surface area contributed by atoms with Crippen LogP contribution in [0, 0.1) is 0 Å². The van der Waals surface area contributed by atoms with Crippen LogP contribution in [0.25, 0.3) is 0 Å². The molecule has 7 heteroatoms. The Labute approximate surface area is 151 Å². The molecule has 0 radical (unpaired) electrons. The van der Waals surface area contributed by atoms with Gasteiger partial charge in [0.2, 0.25) is 0 Å². The summed E-state index contributed by atoms with van der Waals surface area (Å²) in [4.78, 5) is 2.49. The van der Waals surface area contributed by atoms with Crippen LogP contribution in [0.2, 0.25) is 0 Å². The molecule has 4 nitrogen and oxygen atoms in total. The Morgan fingerprint density at radius 1 is 1.17 bits per heavy atom. The van der Waals surface area contributed by atoms with E-state index >= 15 is 0 Å². The number of hydrogen-bond acceptors (Lipinski definition) is 5. The highest BCUT2D eigenvalue weighted by Crippen LogP contribution is 2.41. The van der Waals surface area contributed by atoms with E-state index in [9.17, 15) is 8.42 Å². The molecule has 1 atom stereocenters. The van der Waals surface area contributed by atoms with Crippen molar-refractivity contribution in [3.8, 4) is 0 Å². The lowest BCUT2D eigenvalue weighted by atomic mass is 10.3. The predicted octanol–water partition coefficient (Wildman–Crippen LogP) is 3.89. The van der Waals surface area contributed by atoms with E-state index in [0.29, 0.717) is 11.4 Å². The Morgan fingerprint density at radius 2 is 2.00 bits per heavy atom. The summed E-state index contributed by atoms with van der Waals surface area (Å²) in [6, 6.07) is 13.1. The first-order valence-corrected chi connectivity index (χ1v) is 11.2. The molecule has 0 fully saturated rings. The summed E-state index contributed by atoms with van der Waals surface area (Å²) in [6.07, 6.45) is 0. The first kappa shape index (κ1) is 16.2. The van der Waals surface area contributed by atoms with Crippen LogP contribution in [-0.2, 0) is 10.0 Å². The quantitative estimate of drug-likeness (QED) is 0.859. The summed E-state index contributed by atoms with van der Waals surface area (Å²) in [5, 5.41) is 3.52. The van der Waals surface area contributed by atoms with Crippen molar-refractivity contribution in [3.63, 3.8) is 0 Å². The van der Waals surface area contributed by atoms with Gasteiger partial charge in [-0.25, -0.2) is 8.42 Å². The third kappa shape index (κ3) is 2.78. The summed E-state index contributed by atoms with van der Waals surface area (Å²) >= 11 is 3.49. The number of anilines is 2. The fourth-order valence-corrected chi connectivity index (χ4v) is 6.72. The van der Waals surface area contributed by atoms with Crippen LogP contribution in [0.3, 0.4) is 0 Å². The van der Waals surface area contributed by atoms with E-state index in [-0.39, 0.29) is 5.25 Å². The van der Waals surface area contributed by atoms with Gasteiger partial charge in [0.25, 0.3) is 10.0 Å². The summed E-state index contributed by atoms with van der Waals surface area (Å²) in [6.45, 7) is 3.42. The lowest BCUT2D eigenvalue weighted by Gasteiger charge is -2.33. The summed E-state index contributed by atoms with van der Waals surface area (Å²) < 4.78 is 28.1. The van der Waals surface area contributed by atoms with Crippen molar-refractivity contribution >= 4 is 44.9 Å². The highest BCUT2D eigenvalue weighted by atomic mass is 32.2. The van der Waals surface area contributed by atoms with Crippen molar-refractivity contribution in [2.45, 2.75) is 26.9 Å². The number of benzene rings is 2. The van der Waals surface area contributed by atoms with Gasteiger partial charge in [-0.2, -0.15) is 0 Å². The number of fused-ring (bicyclic) bond motifs is 2. The van der Waals surface area contributed by atoms with E-state index in [4.69, 9.17) is 0 Å². The number of rotatable bonds is 2. The first-order chi connectivity index (χ1) is 11.6. The minimum Gasteiger partial charge on any atom is -0.383 e. The van der Waals surface area contributed by atoms with Crippen LogP contribution in [0.15, 0.2) is 57.2 Å². The number of thioether (sulfide) groups is 2. The largest absolute Gasteiger partial charge is 0.383 e. The molecular weight excluding hydrogens is 360 g/mol. The van der Waals surface area contributed by atoms with Gasteiger partial charge < -0.3 is 5.32 Å². The van der Waals surface area contributed by atoms with Gasteiger partial charge >= 0.3 is 0 Å². The molecule has 0 spiro atoms. The molecular formula is C17H18N2O2S3. The maximum absolute atomic E-state index is 13.3. The van der Waals surface area contributed by atoms with Crippen LogP contribution in [-0.4, -0.2) is 32.5 Å². The summed E-state index contributed by atoms with van der Waals surface area (Å²) in [7, 11) is -3.57. The lowest BCUT2D eigenvalue weighted by Crippen LogP contribution is -2.38. The molecule has 0 bridgehead atoms. The number of para-hydroxylation sites is 1. The SMILES string of the molecule is CC1CN(S(=O)(=O)c2ccc3c(c2)NCCS3)c2ccccc2S1. The molecule has 2 aromatic rings. The van der Waals surface area contributed by atoms with Crippen molar-refractivity contribution in [1.29, 1.82) is 0 Å². The smallest absolute Gasteiger partial charge is 0.264 e. The summed E-state index contributed by atoms with van der Waals surface area (Å²) in [5.41, 5.74) is 1.70. The standard InChI is InChI=1S/C17H18N2O2S3/c1-12-11-19(15-4-2-3-5-17(15)23-12)24(20,21)13-6-7-16-14(10-13)18-8-9-22-16/h2-7,10,12,18H,8-9,11H2,1H3. The third-order valence-corrected chi connectivity index (χ3v) is 8.10. The van der Waals surface area contributed by atoms with Crippen LogP contribution in [0.5, 0.6) is 0 Å². The van der Waals surface area contributed by atoms with E-state index in [1.807, 2.05) is 30.3 Å². The normalized spacial score (nSPS) is 20.0. The number of nitrogens with zero attached hydrogens (tertiary/aromatic N) is 1. The van der Waals surface area contributed by atoms with Crippen LogP contribution in [0.4, 0.5) is 11.4 Å². The maximum atomic E-state index is 13.3. The number of sulfonamides is 1. The fraction of sp³-hybridized carbons (Fsp3) is 0.294. The van der Waals surface area contributed by atoms with Gasteiger partial charge in [0.1, 0.15) is 0 Å². The van der Waals surface area contributed by atoms with E-state index < -0.39 is 10.0 Å². The van der Waals surface area contributed by atoms with Gasteiger partial charge in [-0.3, -0.25) is 4.31 Å². The molecule has 0 aliphatic carbocycles. The van der Waals surface area contributed by atoms with E-state index in [1.54, 1.807) is 40.0 Å². The molecule has 2 aromatic carbocycles. The lowest BCUT2D eigenvalue weighted by molar-refractivity contribution is 0.589. The second-order valence-corrected chi connectivity index (χ2v) is 10.3. The molecule has 2 heterocycles. The summed E-state index contributed by atoms with van der Waals surface area (Å²) in [5.74, 6) is 1.01. The van der Waals surface area contributed by atoms with Gasteiger partial charge in [0.05, 0.1) is 10.6 Å². The molecule has 0 saturated heterocycles. The minimum absolute atomic E-state index is 0.223. The Kier molecular flexibility index (Phi) is 4.18. The molecule has 1 unspecified atom stereocenters. The zero-order valence-corrected chi connectivity index (χ0v) is 15.7. The molecule has 0 aromatic heterocycles. The molecule has 0 saturated carbocycles. The van der Waals surface area contributed by atoms with Gasteiger partial charge in [0, 0.05) is 39.6 Å². The second-order valence-electron chi connectivity index (χ2n) is 5.87. The van der Waals surface area contributed by atoms with Crippen LogP contribution in [0.1, 0.15) is 6.92 Å². The zero-order valence-electron chi connectivity index (χ0n) is 13.2. The van der Waals surface area contributed by atoms with E-state index in [1.165, 1.54) is 0 Å². The molecule has 4 rings (SSSR count). The van der Waals surface area contributed by atoms with E-state index in [0.717, 1.165) is 33.5 Å². The average Bonchev–Trinajstić information content (AvgIpc) is 2.60. The van der Waals surface area contributed by atoms with Crippen molar-refractivity contribution in [3.05, 3.63) is 42.5 Å². The highest BCUT2D eigenvalue weighted by Gasteiger charge is 2.32. The highest BCUT2D eigenvalue weighted by molar-refractivity contribution is 8.00. The first-order valence-electron chi connectivity index (χ1n) is 7.85. The van der Waals surface area contributed by atoms with Crippen LogP contribution >= 0.6 is 23.5 Å². The molecule has 1 N–H and O–H groups in total. The van der Waals surface area contributed by atoms with Crippen molar-refractivity contribution in [1.82, 2.24) is 0 Å². The topological polar surface area (TPSA) is 49.4 Å². The predicted molar refractivity (Wildman–Crippen MR) is 102 cm³/mol. The van der Waals surface area contributed by atoms with E-state index in [2.05, 4.69) is 12.2 Å². The Morgan fingerprint density at radius 3 is 2.88 bits per heavy atom. The van der Waals surface area contributed by atoms with Crippen LogP contribution < -0.4 is 9.62 Å². The molecule has 126 valence electrons. The molecule has 2 aliphatic rings. The van der Waals surface area contributed by atoms with Gasteiger partial charge in [-0.1, -0.05) is 19.1 Å². The maximum Gasteiger partial charge on any atom is 0.264 e. The number of nitrogens with one attached hydrogen (secondary N) is 1. The monoisotopic (exact) mass is 378 g/mol. The van der Waals surface area contributed by atoms with Crippen molar-refractivity contribution < 1.29 is 8.42 Å². The van der Waals surface area contributed by atoms with Gasteiger partial charge in [0.15, 0.2) is 0 Å². The Bertz CT molecular complexity index is 883. The zero-order chi connectivity index (χ0) is 16.7. The average molecular weight is 379 g/mol. The van der Waals surface area contributed by atoms with Crippen molar-refractivity contribution in [2.24, 2.45) is 0 Å². The molecule has 24 heavy (non-hydrogen) atoms. The third-order valence-electron chi connectivity index (χ3n) is 4.10. The second kappa shape index (κ2) is 6.20. The molecule has 0 amide bonds. The molecule has 2 aliphatic heterocycles. The van der Waals surface area contributed by atoms with Gasteiger partial charge in [-0.15, -0.1) is 23.5 Å². The Hall–Kier alpha value is -1.31. The van der Waals surface area contributed by atoms with Gasteiger partial charge in [-0.05, 0) is 30.3 Å². The van der Waals surface area contributed by atoms with Crippen molar-refractivity contribution in [2.75, 3.05) is 28.5 Å². The minimum atomic E-state index is -3.57. The number of hydrogen-bond donors (Lipinski definition) is 1.